The van der Waals surface area contributed by atoms with E-state index in [0.29, 0.717) is 33.9 Å². The van der Waals surface area contributed by atoms with Gasteiger partial charge in [0.25, 0.3) is 5.91 Å². The molecular weight excluding hydrogens is 516 g/mol. The third-order valence-electron chi connectivity index (χ3n) is 5.97. The van der Waals surface area contributed by atoms with E-state index in [1.165, 1.54) is 14.2 Å². The lowest BCUT2D eigenvalue weighted by atomic mass is 9.98. The van der Waals surface area contributed by atoms with E-state index in [9.17, 15) is 14.9 Å². The van der Waals surface area contributed by atoms with E-state index in [-0.39, 0.29) is 28.5 Å². The number of benzene rings is 3. The summed E-state index contributed by atoms with van der Waals surface area (Å²) in [7, 11) is 5.92. The average molecular weight is 543 g/mol. The fourth-order valence-electron chi connectivity index (χ4n) is 4.02. The highest BCUT2D eigenvalue weighted by atomic mass is 16.5. The number of nitrogens with one attached hydrogen (secondary N) is 1. The van der Waals surface area contributed by atoms with E-state index >= 15 is 0 Å². The number of anilines is 1. The van der Waals surface area contributed by atoms with Crippen LogP contribution in [0.1, 0.15) is 15.9 Å². The molecule has 0 bridgehead atoms. The number of hydrogen-bond acceptors (Lipinski definition) is 9. The Balaban J connectivity index is 1.64. The van der Waals surface area contributed by atoms with Crippen LogP contribution in [0.2, 0.25) is 0 Å². The number of methoxy groups -OCH3 is 4. The second-order valence-corrected chi connectivity index (χ2v) is 8.24. The third kappa shape index (κ3) is 5.68. The van der Waals surface area contributed by atoms with Crippen LogP contribution in [0, 0.1) is 11.3 Å². The highest BCUT2D eigenvalue weighted by molar-refractivity contribution is 6.00. The Kier molecular flexibility index (Phi) is 8.56. The second-order valence-electron chi connectivity index (χ2n) is 8.24. The molecule has 10 heteroatoms. The predicted molar refractivity (Wildman–Crippen MR) is 146 cm³/mol. The normalized spacial score (nSPS) is 10.3. The summed E-state index contributed by atoms with van der Waals surface area (Å²) in [4.78, 5) is 25.6. The van der Waals surface area contributed by atoms with Crippen molar-refractivity contribution in [3.05, 3.63) is 77.9 Å². The number of carbonyl (C=O) groups excluding carboxylic acids is 2. The summed E-state index contributed by atoms with van der Waals surface area (Å²) >= 11 is 0. The minimum atomic E-state index is -0.817. The van der Waals surface area contributed by atoms with Gasteiger partial charge < -0.3 is 28.1 Å². The first kappa shape index (κ1) is 27.6. The van der Waals surface area contributed by atoms with Crippen molar-refractivity contribution in [2.75, 3.05) is 40.4 Å². The number of nitrogens with zero attached hydrogens (tertiary/aromatic N) is 1. The molecule has 0 aliphatic rings. The highest BCUT2D eigenvalue weighted by Gasteiger charge is 2.26. The minimum Gasteiger partial charge on any atom is -0.497 e. The van der Waals surface area contributed by atoms with Crippen LogP contribution in [-0.2, 0) is 9.53 Å². The van der Waals surface area contributed by atoms with Crippen LogP contribution in [-0.4, -0.2) is 46.9 Å². The topological polar surface area (TPSA) is 129 Å². The lowest BCUT2D eigenvalue weighted by Gasteiger charge is -2.12. The monoisotopic (exact) mass is 542 g/mol. The maximum Gasteiger partial charge on any atom is 0.346 e. The molecule has 0 aliphatic carbocycles. The number of furan rings is 1. The van der Waals surface area contributed by atoms with Gasteiger partial charge in [-0.25, -0.2) is 4.79 Å². The van der Waals surface area contributed by atoms with Gasteiger partial charge in [-0.05, 0) is 54.1 Å². The lowest BCUT2D eigenvalue weighted by Crippen LogP contribution is -2.21. The summed E-state index contributed by atoms with van der Waals surface area (Å²) in [5.41, 5.74) is 1.93. The molecule has 204 valence electrons. The Morgan fingerprint density at radius 3 is 1.85 bits per heavy atom. The van der Waals surface area contributed by atoms with Gasteiger partial charge in [0.2, 0.25) is 5.88 Å². The molecule has 1 amide bonds. The van der Waals surface area contributed by atoms with Gasteiger partial charge in [-0.2, -0.15) is 5.26 Å². The van der Waals surface area contributed by atoms with Crippen molar-refractivity contribution < 1.29 is 37.7 Å². The number of rotatable bonds is 10. The molecule has 10 nitrogen and oxygen atoms in total. The van der Waals surface area contributed by atoms with Gasteiger partial charge in [-0.3, -0.25) is 10.1 Å². The maximum absolute atomic E-state index is 12.8. The Bertz CT molecular complexity index is 1530. The summed E-state index contributed by atoms with van der Waals surface area (Å²) in [6.45, 7) is -0.651. The fraction of sp³-hybridized carbons (Fsp3) is 0.167. The maximum atomic E-state index is 12.8. The highest BCUT2D eigenvalue weighted by Crippen LogP contribution is 2.42. The number of ether oxygens (including phenoxy) is 5. The van der Waals surface area contributed by atoms with Gasteiger partial charge in [0.1, 0.15) is 46.0 Å². The molecule has 0 atom stereocenters. The molecule has 0 saturated carbocycles. The molecule has 0 radical (unpaired) electrons. The van der Waals surface area contributed by atoms with Crippen molar-refractivity contribution in [3.8, 4) is 51.5 Å². The first-order valence-electron chi connectivity index (χ1n) is 12.0. The molecule has 4 aromatic rings. The molecule has 1 heterocycles. The van der Waals surface area contributed by atoms with Gasteiger partial charge in [-0.15, -0.1) is 0 Å². The van der Waals surface area contributed by atoms with Gasteiger partial charge in [0.05, 0.1) is 28.4 Å². The van der Waals surface area contributed by atoms with Gasteiger partial charge >= 0.3 is 5.97 Å². The van der Waals surface area contributed by atoms with E-state index in [0.717, 1.165) is 0 Å². The molecule has 1 N–H and O–H groups in total. The van der Waals surface area contributed by atoms with Crippen LogP contribution >= 0.6 is 0 Å². The van der Waals surface area contributed by atoms with Gasteiger partial charge in [0.15, 0.2) is 6.61 Å². The minimum absolute atomic E-state index is 0.0413. The van der Waals surface area contributed by atoms with Crippen LogP contribution in [0.4, 0.5) is 5.88 Å². The molecule has 3 aromatic carbocycles. The van der Waals surface area contributed by atoms with Crippen LogP contribution in [0.5, 0.6) is 23.0 Å². The molecule has 0 saturated heterocycles. The predicted octanol–water partition coefficient (Wildman–Crippen LogP) is 5.32. The largest absolute Gasteiger partial charge is 0.497 e. The number of nitriles is 1. The van der Waals surface area contributed by atoms with E-state index in [1.807, 2.05) is 0 Å². The van der Waals surface area contributed by atoms with E-state index < -0.39 is 18.5 Å². The summed E-state index contributed by atoms with van der Waals surface area (Å²) < 4.78 is 32.2. The molecule has 1 aromatic heterocycles. The van der Waals surface area contributed by atoms with E-state index in [1.54, 1.807) is 80.9 Å². The molecule has 4 rings (SSSR count). The van der Waals surface area contributed by atoms with Crippen LogP contribution in [0.25, 0.3) is 22.5 Å². The van der Waals surface area contributed by atoms with Crippen molar-refractivity contribution in [1.29, 1.82) is 5.26 Å². The molecule has 0 aliphatic heterocycles. The number of hydrogen-bond donors (Lipinski definition) is 1. The fourth-order valence-corrected chi connectivity index (χ4v) is 4.02. The van der Waals surface area contributed by atoms with Crippen molar-refractivity contribution in [2.45, 2.75) is 0 Å². The third-order valence-corrected chi connectivity index (χ3v) is 5.97. The Labute approximate surface area is 230 Å². The summed E-state index contributed by atoms with van der Waals surface area (Å²) in [6.07, 6.45) is 0. The SMILES string of the molecule is COc1ccc(-c2oc(NC(=O)COC(=O)c3c(OC)cccc3OC)c(C#N)c2-c2ccc(OC)cc2)cc1. The second kappa shape index (κ2) is 12.4. The number of carbonyl (C=O) groups is 2. The van der Waals surface area contributed by atoms with Gasteiger partial charge in [-0.1, -0.05) is 18.2 Å². The first-order chi connectivity index (χ1) is 19.4. The molecule has 0 unspecified atom stereocenters. The van der Waals surface area contributed by atoms with Crippen molar-refractivity contribution in [3.63, 3.8) is 0 Å². The standard InChI is InChI=1S/C30H26N2O8/c1-35-20-12-8-18(9-13-20)26-22(16-31)29(40-28(26)19-10-14-21(36-2)15-11-19)32-25(33)17-39-30(34)27-23(37-3)6-5-7-24(27)38-4/h5-15H,17H2,1-4H3,(H,32,33). The van der Waals surface area contributed by atoms with E-state index in [4.69, 9.17) is 28.1 Å². The van der Waals surface area contributed by atoms with Crippen molar-refractivity contribution in [2.24, 2.45) is 0 Å². The summed E-state index contributed by atoms with van der Waals surface area (Å²) in [5.74, 6) is 0.483. The first-order valence-corrected chi connectivity index (χ1v) is 12.0. The zero-order valence-corrected chi connectivity index (χ0v) is 22.3. The number of esters is 1. The Morgan fingerprint density at radius 2 is 1.35 bits per heavy atom. The molecule has 0 fully saturated rings. The quantitative estimate of drug-likeness (QED) is 0.265. The zero-order valence-electron chi connectivity index (χ0n) is 22.3. The average Bonchev–Trinajstić information content (AvgIpc) is 3.37. The van der Waals surface area contributed by atoms with E-state index in [2.05, 4.69) is 11.4 Å². The number of amides is 1. The lowest BCUT2D eigenvalue weighted by molar-refractivity contribution is -0.119. The van der Waals surface area contributed by atoms with Crippen molar-refractivity contribution in [1.82, 2.24) is 0 Å². The zero-order chi connectivity index (χ0) is 28.6. The summed E-state index contributed by atoms with van der Waals surface area (Å²) in [5, 5.41) is 12.6. The van der Waals surface area contributed by atoms with Crippen molar-refractivity contribution >= 4 is 17.8 Å². The molecular formula is C30H26N2O8. The van der Waals surface area contributed by atoms with Crippen LogP contribution < -0.4 is 24.3 Å². The Hall–Kier alpha value is -5.43. The van der Waals surface area contributed by atoms with Crippen LogP contribution in [0.15, 0.2) is 71.1 Å². The molecule has 0 spiro atoms. The van der Waals surface area contributed by atoms with Gasteiger partial charge in [0, 0.05) is 11.1 Å². The van der Waals surface area contributed by atoms with Crippen LogP contribution in [0.3, 0.4) is 0 Å². The molecule has 40 heavy (non-hydrogen) atoms. The smallest absolute Gasteiger partial charge is 0.346 e. The summed E-state index contributed by atoms with van der Waals surface area (Å²) in [6, 6.07) is 21.1. The Morgan fingerprint density at radius 1 is 0.800 bits per heavy atom.